The highest BCUT2D eigenvalue weighted by Gasteiger charge is 2.14. The van der Waals surface area contributed by atoms with Crippen molar-refractivity contribution < 1.29 is 5.11 Å². The van der Waals surface area contributed by atoms with Crippen LogP contribution in [0.4, 0.5) is 0 Å². The van der Waals surface area contributed by atoms with Crippen LogP contribution in [-0.2, 0) is 6.42 Å². The smallest absolute Gasteiger partial charge is 0.0931 e. The predicted octanol–water partition coefficient (Wildman–Crippen LogP) is 4.64. The fourth-order valence-corrected chi connectivity index (χ4v) is 3.07. The number of hydrogen-bond acceptors (Lipinski definition) is 2. The van der Waals surface area contributed by atoms with Crippen LogP contribution in [0, 0.1) is 6.92 Å². The van der Waals surface area contributed by atoms with Gasteiger partial charge in [0.05, 0.1) is 10.4 Å². The van der Waals surface area contributed by atoms with E-state index in [0.29, 0.717) is 11.4 Å². The number of hydrogen-bond donors (Lipinski definition) is 1. The molecule has 1 heterocycles. The third-order valence-corrected chi connectivity index (χ3v) is 4.37. The molecule has 1 nitrogen and oxygen atoms in total. The average molecular weight is 287 g/mol. The molecule has 90 valence electrons. The Labute approximate surface area is 115 Å². The molecule has 1 aromatic heterocycles. The van der Waals surface area contributed by atoms with E-state index in [1.807, 2.05) is 37.3 Å². The minimum atomic E-state index is -0.586. The van der Waals surface area contributed by atoms with Gasteiger partial charge in [0.25, 0.3) is 0 Å². The zero-order valence-electron chi connectivity index (χ0n) is 9.28. The number of rotatable bonds is 3. The van der Waals surface area contributed by atoms with Crippen molar-refractivity contribution in [3.8, 4) is 0 Å². The van der Waals surface area contributed by atoms with Gasteiger partial charge in [-0.15, -0.1) is 11.3 Å². The van der Waals surface area contributed by atoms with Gasteiger partial charge >= 0.3 is 0 Å². The van der Waals surface area contributed by atoms with Crippen LogP contribution in [0.15, 0.2) is 30.3 Å². The van der Waals surface area contributed by atoms with E-state index < -0.39 is 6.10 Å². The third kappa shape index (κ3) is 3.02. The Balaban J connectivity index is 2.20. The predicted molar refractivity (Wildman–Crippen MR) is 74.2 cm³/mol. The molecule has 0 fully saturated rings. The lowest BCUT2D eigenvalue weighted by atomic mass is 10.0. The molecule has 0 bridgehead atoms. The van der Waals surface area contributed by atoms with Crippen LogP contribution >= 0.6 is 34.5 Å². The van der Waals surface area contributed by atoms with Crippen LogP contribution in [0.3, 0.4) is 0 Å². The van der Waals surface area contributed by atoms with Crippen molar-refractivity contribution in [2.75, 3.05) is 0 Å². The molecule has 2 rings (SSSR count). The van der Waals surface area contributed by atoms with Crippen molar-refractivity contribution in [3.63, 3.8) is 0 Å². The Morgan fingerprint density at radius 1 is 1.24 bits per heavy atom. The lowest BCUT2D eigenvalue weighted by molar-refractivity contribution is 0.179. The number of aliphatic hydroxyl groups excluding tert-OH is 1. The summed E-state index contributed by atoms with van der Waals surface area (Å²) < 4.78 is 0.738. The number of benzene rings is 1. The summed E-state index contributed by atoms with van der Waals surface area (Å²) in [5.41, 5.74) is 1.75. The topological polar surface area (TPSA) is 20.2 Å². The molecule has 0 spiro atoms. The molecule has 0 radical (unpaired) electrons. The zero-order chi connectivity index (χ0) is 12.4. The quantitative estimate of drug-likeness (QED) is 0.872. The standard InChI is InChI=1S/C13H12Cl2OS/c1-8-3-2-4-10(13(8)15)11(16)7-9-5-6-12(14)17-9/h2-6,11,16H,7H2,1H3. The second-order valence-electron chi connectivity index (χ2n) is 3.90. The van der Waals surface area contributed by atoms with E-state index in [4.69, 9.17) is 23.2 Å². The molecule has 1 N–H and O–H groups in total. The Morgan fingerprint density at radius 3 is 2.65 bits per heavy atom. The van der Waals surface area contributed by atoms with Gasteiger partial charge < -0.3 is 5.11 Å². The first kappa shape index (κ1) is 12.9. The maximum absolute atomic E-state index is 10.2. The molecule has 1 atom stereocenters. The average Bonchev–Trinajstić information content (AvgIpc) is 2.68. The summed E-state index contributed by atoms with van der Waals surface area (Å²) >= 11 is 13.5. The monoisotopic (exact) mass is 286 g/mol. The molecule has 0 aliphatic carbocycles. The van der Waals surface area contributed by atoms with Crippen molar-refractivity contribution >= 4 is 34.5 Å². The van der Waals surface area contributed by atoms with Crippen molar-refractivity contribution in [1.29, 1.82) is 0 Å². The van der Waals surface area contributed by atoms with Crippen LogP contribution in [0.1, 0.15) is 22.1 Å². The van der Waals surface area contributed by atoms with E-state index in [2.05, 4.69) is 0 Å². The van der Waals surface area contributed by atoms with E-state index in [-0.39, 0.29) is 0 Å². The maximum atomic E-state index is 10.2. The van der Waals surface area contributed by atoms with Crippen molar-refractivity contribution in [2.45, 2.75) is 19.4 Å². The minimum absolute atomic E-state index is 0.542. The second-order valence-corrected chi connectivity index (χ2v) is 6.08. The minimum Gasteiger partial charge on any atom is -0.388 e. The van der Waals surface area contributed by atoms with Gasteiger partial charge in [0.2, 0.25) is 0 Å². The van der Waals surface area contributed by atoms with Crippen LogP contribution in [0.25, 0.3) is 0 Å². The summed E-state index contributed by atoms with van der Waals surface area (Å²) in [5.74, 6) is 0. The molecule has 17 heavy (non-hydrogen) atoms. The van der Waals surface area contributed by atoms with Gasteiger partial charge in [-0.2, -0.15) is 0 Å². The summed E-state index contributed by atoms with van der Waals surface area (Å²) in [6, 6.07) is 9.46. The lowest BCUT2D eigenvalue weighted by Gasteiger charge is -2.13. The summed E-state index contributed by atoms with van der Waals surface area (Å²) in [6.45, 7) is 1.93. The van der Waals surface area contributed by atoms with Crippen molar-refractivity contribution in [3.05, 3.63) is 55.7 Å². The van der Waals surface area contributed by atoms with Gasteiger partial charge in [-0.25, -0.2) is 0 Å². The molecule has 0 aliphatic rings. The number of halogens is 2. The molecule has 0 aliphatic heterocycles. The Hall–Kier alpha value is -0.540. The van der Waals surface area contributed by atoms with Crippen molar-refractivity contribution in [1.82, 2.24) is 0 Å². The van der Waals surface area contributed by atoms with Gasteiger partial charge in [0.15, 0.2) is 0 Å². The molecule has 1 unspecified atom stereocenters. The first-order valence-electron chi connectivity index (χ1n) is 5.25. The molecule has 0 saturated carbocycles. The summed E-state index contributed by atoms with van der Waals surface area (Å²) in [4.78, 5) is 1.06. The highest BCUT2D eigenvalue weighted by atomic mass is 35.5. The normalized spacial score (nSPS) is 12.7. The van der Waals surface area contributed by atoms with Crippen LogP contribution in [0.5, 0.6) is 0 Å². The third-order valence-electron chi connectivity index (χ3n) is 2.60. The van der Waals surface area contributed by atoms with Gasteiger partial charge in [-0.1, -0.05) is 41.4 Å². The SMILES string of the molecule is Cc1cccc(C(O)Cc2ccc(Cl)s2)c1Cl. The van der Waals surface area contributed by atoms with E-state index in [1.54, 1.807) is 0 Å². The molecule has 2 aromatic rings. The van der Waals surface area contributed by atoms with Crippen LogP contribution in [0.2, 0.25) is 9.36 Å². The first-order chi connectivity index (χ1) is 8.08. The Morgan fingerprint density at radius 2 is 2.00 bits per heavy atom. The molecular formula is C13H12Cl2OS. The Bertz CT molecular complexity index is 522. The summed E-state index contributed by atoms with van der Waals surface area (Å²) in [5, 5.41) is 10.8. The van der Waals surface area contributed by atoms with Gasteiger partial charge in [0, 0.05) is 16.3 Å². The molecule has 0 saturated heterocycles. The second kappa shape index (κ2) is 5.40. The lowest BCUT2D eigenvalue weighted by Crippen LogP contribution is -2.02. The van der Waals surface area contributed by atoms with Crippen LogP contribution in [-0.4, -0.2) is 5.11 Å². The first-order valence-corrected chi connectivity index (χ1v) is 6.82. The fraction of sp³-hybridized carbons (Fsp3) is 0.231. The van der Waals surface area contributed by atoms with E-state index in [1.165, 1.54) is 11.3 Å². The molecule has 0 amide bonds. The van der Waals surface area contributed by atoms with E-state index in [0.717, 1.165) is 20.3 Å². The largest absolute Gasteiger partial charge is 0.388 e. The number of aryl methyl sites for hydroxylation is 1. The Kier molecular flexibility index (Phi) is 4.10. The summed E-state index contributed by atoms with van der Waals surface area (Å²) in [6.07, 6.45) is -0.0438. The summed E-state index contributed by atoms with van der Waals surface area (Å²) in [7, 11) is 0. The number of aliphatic hydroxyl groups is 1. The van der Waals surface area contributed by atoms with E-state index in [9.17, 15) is 5.11 Å². The molecule has 4 heteroatoms. The maximum Gasteiger partial charge on any atom is 0.0931 e. The fourth-order valence-electron chi connectivity index (χ4n) is 1.69. The van der Waals surface area contributed by atoms with Gasteiger partial charge in [-0.3, -0.25) is 0 Å². The van der Waals surface area contributed by atoms with Crippen LogP contribution < -0.4 is 0 Å². The molecule has 1 aromatic carbocycles. The highest BCUT2D eigenvalue weighted by Crippen LogP contribution is 2.31. The number of thiophene rings is 1. The molecular weight excluding hydrogens is 275 g/mol. The zero-order valence-corrected chi connectivity index (χ0v) is 11.6. The van der Waals surface area contributed by atoms with Gasteiger partial charge in [0.1, 0.15) is 0 Å². The van der Waals surface area contributed by atoms with Crippen molar-refractivity contribution in [2.24, 2.45) is 0 Å². The highest BCUT2D eigenvalue weighted by molar-refractivity contribution is 7.16. The van der Waals surface area contributed by atoms with E-state index >= 15 is 0 Å². The van der Waals surface area contributed by atoms with Gasteiger partial charge in [-0.05, 0) is 30.2 Å².